The number of hydrogen-bond donors (Lipinski definition) is 1. The summed E-state index contributed by atoms with van der Waals surface area (Å²) in [6.45, 7) is 3.01. The molecule has 3 aromatic rings. The third-order valence-corrected chi connectivity index (χ3v) is 10.0. The Labute approximate surface area is 253 Å². The molecule has 2 aliphatic rings. The van der Waals surface area contributed by atoms with Crippen molar-refractivity contribution in [3.63, 3.8) is 0 Å². The number of hydrogen-bond acceptors (Lipinski definition) is 7. The summed E-state index contributed by atoms with van der Waals surface area (Å²) in [6, 6.07) is 15.2. The Hall–Kier alpha value is -3.41. The Morgan fingerprint density at radius 3 is 2.42 bits per heavy atom. The molecule has 1 aromatic heterocycles. The molecule has 2 aromatic carbocycles. The molecule has 2 heterocycles. The number of nitrogens with one attached hydrogen (secondary N) is 1. The maximum atomic E-state index is 13.4. The summed E-state index contributed by atoms with van der Waals surface area (Å²) in [4.78, 5) is 27.1. The number of methoxy groups -OCH3 is 1. The number of rotatable bonds is 9. The molecule has 1 aliphatic carbocycles. The number of sulfonamides is 1. The van der Waals surface area contributed by atoms with Gasteiger partial charge in [0, 0.05) is 55.7 Å². The molecule has 1 atom stereocenters. The molecule has 5 rings (SSSR count). The van der Waals surface area contributed by atoms with Gasteiger partial charge in [0.2, 0.25) is 15.9 Å². The van der Waals surface area contributed by atoms with Gasteiger partial charge in [0.1, 0.15) is 0 Å². The summed E-state index contributed by atoms with van der Waals surface area (Å²) in [5.41, 5.74) is 3.94. The zero-order valence-electron chi connectivity index (χ0n) is 25.1. The van der Waals surface area contributed by atoms with Crippen LogP contribution in [0.25, 0.3) is 22.2 Å². The van der Waals surface area contributed by atoms with Crippen molar-refractivity contribution >= 4 is 33.0 Å². The van der Waals surface area contributed by atoms with E-state index in [0.29, 0.717) is 45.3 Å². The van der Waals surface area contributed by atoms with Crippen molar-refractivity contribution in [2.45, 2.75) is 75.6 Å². The third kappa shape index (κ3) is 7.05. The number of carbonyl (C=O) groups excluding carboxylic acids is 2. The van der Waals surface area contributed by atoms with Crippen LogP contribution < -0.4 is 4.72 Å². The van der Waals surface area contributed by atoms with Crippen LogP contribution in [0.3, 0.4) is 0 Å². The van der Waals surface area contributed by atoms with Crippen molar-refractivity contribution in [1.29, 1.82) is 0 Å². The zero-order valence-corrected chi connectivity index (χ0v) is 25.9. The van der Waals surface area contributed by atoms with Gasteiger partial charge in [-0.3, -0.25) is 4.79 Å². The Morgan fingerprint density at radius 2 is 1.72 bits per heavy atom. The Balaban J connectivity index is 1.22. The van der Waals surface area contributed by atoms with E-state index >= 15 is 0 Å². The number of likely N-dealkylation sites (tertiary alicyclic amines) is 1. The summed E-state index contributed by atoms with van der Waals surface area (Å²) < 4.78 is 47.3. The lowest BCUT2D eigenvalue weighted by atomic mass is 9.85. The second-order valence-corrected chi connectivity index (χ2v) is 13.1. The summed E-state index contributed by atoms with van der Waals surface area (Å²) in [5.74, 6) is -0.262. The zero-order chi connectivity index (χ0) is 30.6. The molecule has 1 unspecified atom stereocenters. The molecule has 10 nitrogen and oxygen atoms in total. The Kier molecular flexibility index (Phi) is 9.73. The number of aryl methyl sites for hydroxylation is 1. The second kappa shape index (κ2) is 13.5. The van der Waals surface area contributed by atoms with Gasteiger partial charge in [-0.2, -0.15) is 0 Å². The maximum Gasteiger partial charge on any atom is 0.510 e. The van der Waals surface area contributed by atoms with Crippen LogP contribution in [0.5, 0.6) is 0 Å². The minimum atomic E-state index is -3.77. The molecule has 1 saturated carbocycles. The second-order valence-electron chi connectivity index (χ2n) is 11.4. The van der Waals surface area contributed by atoms with Crippen molar-refractivity contribution in [1.82, 2.24) is 14.2 Å². The standard InChI is InChI=1S/C32H41N3O7S/c1-4-41-32(37)42-30-7-5-6-18-35(30)31(36)24-12-15-26(16-13-24)33-43(38,39)27-17-14-25-19-28(34(2)29(25)20-27)23-10-8-22(9-11-23)21-40-3/h8-11,14,17,19-20,24,26,30,33H,4-7,12-13,15-16,18,21H2,1-3H3/t24-,26-,30?. The average molecular weight is 612 g/mol. The summed E-state index contributed by atoms with van der Waals surface area (Å²) >= 11 is 0. The highest BCUT2D eigenvalue weighted by Crippen LogP contribution is 2.32. The number of benzene rings is 2. The smallest absolute Gasteiger partial charge is 0.435 e. The van der Waals surface area contributed by atoms with Crippen LogP contribution in [0.2, 0.25) is 0 Å². The van der Waals surface area contributed by atoms with Gasteiger partial charge in [-0.25, -0.2) is 17.9 Å². The highest BCUT2D eigenvalue weighted by atomic mass is 32.2. The first-order valence-electron chi connectivity index (χ1n) is 15.0. The molecular formula is C32H41N3O7S. The van der Waals surface area contributed by atoms with E-state index in [1.165, 1.54) is 0 Å². The van der Waals surface area contributed by atoms with E-state index in [2.05, 4.69) is 10.8 Å². The number of piperidine rings is 1. The van der Waals surface area contributed by atoms with E-state index in [1.807, 2.05) is 41.9 Å². The van der Waals surface area contributed by atoms with Gasteiger partial charge in [-0.05, 0) is 74.8 Å². The lowest BCUT2D eigenvalue weighted by Crippen LogP contribution is -2.49. The predicted octanol–water partition coefficient (Wildman–Crippen LogP) is 5.34. The highest BCUT2D eigenvalue weighted by molar-refractivity contribution is 7.89. The molecule has 2 fully saturated rings. The van der Waals surface area contributed by atoms with Gasteiger partial charge in [0.15, 0.2) is 6.23 Å². The predicted molar refractivity (Wildman–Crippen MR) is 163 cm³/mol. The average Bonchev–Trinajstić information content (AvgIpc) is 3.33. The first-order valence-corrected chi connectivity index (χ1v) is 16.5. The van der Waals surface area contributed by atoms with Gasteiger partial charge >= 0.3 is 6.16 Å². The molecule has 43 heavy (non-hydrogen) atoms. The monoisotopic (exact) mass is 611 g/mol. The van der Waals surface area contributed by atoms with E-state index in [4.69, 9.17) is 14.2 Å². The summed E-state index contributed by atoms with van der Waals surface area (Å²) in [7, 11) is -0.159. The van der Waals surface area contributed by atoms with Crippen molar-refractivity contribution < 1.29 is 32.2 Å². The Bertz CT molecular complexity index is 1540. The van der Waals surface area contributed by atoms with Gasteiger partial charge in [0.25, 0.3) is 0 Å². The molecule has 232 valence electrons. The first-order chi connectivity index (χ1) is 20.7. The van der Waals surface area contributed by atoms with E-state index < -0.39 is 22.4 Å². The van der Waals surface area contributed by atoms with Gasteiger partial charge in [0.05, 0.1) is 18.1 Å². The van der Waals surface area contributed by atoms with Gasteiger partial charge in [-0.15, -0.1) is 0 Å². The molecule has 0 bridgehead atoms. The molecule has 1 aliphatic heterocycles. The molecule has 11 heteroatoms. The first kappa shape index (κ1) is 31.0. The minimum Gasteiger partial charge on any atom is -0.435 e. The number of amides is 1. The van der Waals surface area contributed by atoms with Crippen LogP contribution >= 0.6 is 0 Å². The maximum absolute atomic E-state index is 13.4. The largest absolute Gasteiger partial charge is 0.510 e. The van der Waals surface area contributed by atoms with Crippen LogP contribution in [0, 0.1) is 5.92 Å². The number of fused-ring (bicyclic) bond motifs is 1. The van der Waals surface area contributed by atoms with Crippen LogP contribution in [0.15, 0.2) is 53.4 Å². The molecule has 1 saturated heterocycles. The molecule has 1 N–H and O–H groups in total. The van der Waals surface area contributed by atoms with Gasteiger partial charge in [-0.1, -0.05) is 30.3 Å². The molecule has 0 radical (unpaired) electrons. The number of carbonyl (C=O) groups is 2. The SMILES string of the molecule is CCOC(=O)OC1CCCCN1C(=O)[C@H]1CC[C@H](NS(=O)(=O)c2ccc3cc(-c4ccc(COC)cc4)n(C)c3c2)CC1. The van der Waals surface area contributed by atoms with E-state index in [-0.39, 0.29) is 29.4 Å². The lowest BCUT2D eigenvalue weighted by Gasteiger charge is -2.38. The van der Waals surface area contributed by atoms with E-state index in [1.54, 1.807) is 31.1 Å². The van der Waals surface area contributed by atoms with Crippen molar-refractivity contribution in [2.75, 3.05) is 20.3 Å². The quantitative estimate of drug-likeness (QED) is 0.325. The fourth-order valence-corrected chi connectivity index (χ4v) is 7.54. The molecular weight excluding hydrogens is 570 g/mol. The molecule has 1 amide bonds. The van der Waals surface area contributed by atoms with Crippen LogP contribution in [-0.2, 0) is 42.7 Å². The topological polar surface area (TPSA) is 116 Å². The van der Waals surface area contributed by atoms with Gasteiger partial charge < -0.3 is 23.7 Å². The fourth-order valence-electron chi connectivity index (χ4n) is 6.21. The van der Waals surface area contributed by atoms with Crippen LogP contribution in [0.1, 0.15) is 57.4 Å². The highest BCUT2D eigenvalue weighted by Gasteiger charge is 2.36. The normalized spacial score (nSPS) is 21.1. The number of nitrogens with zero attached hydrogens (tertiary/aromatic N) is 2. The molecule has 0 spiro atoms. The van der Waals surface area contributed by atoms with E-state index in [0.717, 1.165) is 40.6 Å². The third-order valence-electron chi connectivity index (χ3n) is 8.51. The lowest BCUT2D eigenvalue weighted by molar-refractivity contribution is -0.152. The summed E-state index contributed by atoms with van der Waals surface area (Å²) in [5, 5.41) is 0.958. The Morgan fingerprint density at radius 1 is 0.977 bits per heavy atom. The van der Waals surface area contributed by atoms with Crippen LogP contribution in [0.4, 0.5) is 4.79 Å². The van der Waals surface area contributed by atoms with Crippen molar-refractivity contribution in [3.8, 4) is 11.3 Å². The van der Waals surface area contributed by atoms with E-state index in [9.17, 15) is 18.0 Å². The van der Waals surface area contributed by atoms with Crippen molar-refractivity contribution in [3.05, 3.63) is 54.1 Å². The number of aromatic nitrogens is 1. The van der Waals surface area contributed by atoms with Crippen LogP contribution in [-0.4, -0.2) is 62.5 Å². The minimum absolute atomic E-state index is 0.0337. The summed E-state index contributed by atoms with van der Waals surface area (Å²) in [6.07, 6.45) is 3.21. The van der Waals surface area contributed by atoms with Crippen molar-refractivity contribution in [2.24, 2.45) is 13.0 Å². The number of ether oxygens (including phenoxy) is 3. The fraction of sp³-hybridized carbons (Fsp3) is 0.500.